The Labute approximate surface area is 112 Å². The van der Waals surface area contributed by atoms with E-state index in [2.05, 4.69) is 11.4 Å². The van der Waals surface area contributed by atoms with Crippen LogP contribution in [0.2, 0.25) is 0 Å². The highest BCUT2D eigenvalue weighted by molar-refractivity contribution is 5.94. The minimum atomic E-state index is -0.632. The first-order chi connectivity index (χ1) is 9.20. The Morgan fingerprint density at radius 2 is 1.89 bits per heavy atom. The van der Waals surface area contributed by atoms with Crippen LogP contribution in [-0.4, -0.2) is 5.91 Å². The Balaban J connectivity index is 2.17. The zero-order valence-corrected chi connectivity index (χ0v) is 10.6. The Morgan fingerprint density at radius 3 is 2.53 bits per heavy atom. The molecule has 0 aliphatic heterocycles. The highest BCUT2D eigenvalue weighted by Crippen LogP contribution is 2.14. The van der Waals surface area contributed by atoms with E-state index in [0.717, 1.165) is 11.1 Å². The SMILES string of the molecule is Cc1cccc(C(C#N)NC(=O)c2ccccc2)c1. The first-order valence-corrected chi connectivity index (χ1v) is 6.03. The van der Waals surface area contributed by atoms with Gasteiger partial charge in [0.1, 0.15) is 6.04 Å². The maximum absolute atomic E-state index is 12.0. The number of rotatable bonds is 3. The lowest BCUT2D eigenvalue weighted by atomic mass is 10.0. The van der Waals surface area contributed by atoms with Gasteiger partial charge in [0, 0.05) is 5.56 Å². The van der Waals surface area contributed by atoms with Crippen molar-refractivity contribution in [3.8, 4) is 6.07 Å². The van der Waals surface area contributed by atoms with Crippen LogP contribution in [0.1, 0.15) is 27.5 Å². The van der Waals surface area contributed by atoms with Crippen LogP contribution in [0.25, 0.3) is 0 Å². The number of benzene rings is 2. The lowest BCUT2D eigenvalue weighted by Crippen LogP contribution is -2.27. The van der Waals surface area contributed by atoms with Crippen molar-refractivity contribution in [2.75, 3.05) is 0 Å². The van der Waals surface area contributed by atoms with E-state index in [0.29, 0.717) is 5.56 Å². The molecule has 19 heavy (non-hydrogen) atoms. The normalized spacial score (nSPS) is 11.4. The first-order valence-electron chi connectivity index (χ1n) is 6.03. The van der Waals surface area contributed by atoms with E-state index in [-0.39, 0.29) is 5.91 Å². The molecule has 0 aromatic heterocycles. The van der Waals surface area contributed by atoms with Crippen molar-refractivity contribution in [2.45, 2.75) is 13.0 Å². The summed E-state index contributed by atoms with van der Waals surface area (Å²) < 4.78 is 0. The van der Waals surface area contributed by atoms with Crippen LogP contribution >= 0.6 is 0 Å². The topological polar surface area (TPSA) is 52.9 Å². The molecule has 2 aromatic rings. The molecule has 1 unspecified atom stereocenters. The fourth-order valence-corrected chi connectivity index (χ4v) is 1.84. The maximum Gasteiger partial charge on any atom is 0.252 e. The van der Waals surface area contributed by atoms with E-state index in [1.165, 1.54) is 0 Å². The van der Waals surface area contributed by atoms with E-state index < -0.39 is 6.04 Å². The maximum atomic E-state index is 12.0. The van der Waals surface area contributed by atoms with Crippen molar-refractivity contribution in [3.05, 3.63) is 71.3 Å². The van der Waals surface area contributed by atoms with Gasteiger partial charge in [-0.05, 0) is 24.6 Å². The van der Waals surface area contributed by atoms with Gasteiger partial charge in [-0.25, -0.2) is 0 Å². The molecule has 0 aliphatic carbocycles. The average molecular weight is 250 g/mol. The number of aryl methyl sites for hydroxylation is 1. The predicted molar refractivity (Wildman–Crippen MR) is 73.4 cm³/mol. The molecule has 1 amide bonds. The summed E-state index contributed by atoms with van der Waals surface area (Å²) in [5.41, 5.74) is 2.41. The first kappa shape index (κ1) is 12.8. The third-order valence-corrected chi connectivity index (χ3v) is 2.82. The minimum absolute atomic E-state index is 0.242. The molecule has 2 aromatic carbocycles. The largest absolute Gasteiger partial charge is 0.333 e. The monoisotopic (exact) mass is 250 g/mol. The fraction of sp³-hybridized carbons (Fsp3) is 0.125. The van der Waals surface area contributed by atoms with Crippen LogP contribution in [-0.2, 0) is 0 Å². The van der Waals surface area contributed by atoms with Gasteiger partial charge in [0.05, 0.1) is 6.07 Å². The van der Waals surface area contributed by atoms with Gasteiger partial charge in [0.2, 0.25) is 0 Å². The zero-order valence-electron chi connectivity index (χ0n) is 10.6. The predicted octanol–water partition coefficient (Wildman–Crippen LogP) is 2.99. The highest BCUT2D eigenvalue weighted by Gasteiger charge is 2.14. The molecule has 94 valence electrons. The number of nitrogens with zero attached hydrogens (tertiary/aromatic N) is 1. The third kappa shape index (κ3) is 3.20. The van der Waals surface area contributed by atoms with Crippen molar-refractivity contribution in [1.29, 1.82) is 5.26 Å². The standard InChI is InChI=1S/C16H14N2O/c1-12-6-5-9-14(10-12)15(11-17)18-16(19)13-7-3-2-4-8-13/h2-10,15H,1H3,(H,18,19). The van der Waals surface area contributed by atoms with Crippen molar-refractivity contribution < 1.29 is 4.79 Å². The average Bonchev–Trinajstić information content (AvgIpc) is 2.45. The molecule has 3 heteroatoms. The quantitative estimate of drug-likeness (QED) is 0.910. The number of carbonyl (C=O) groups is 1. The Morgan fingerprint density at radius 1 is 1.16 bits per heavy atom. The number of hydrogen-bond donors (Lipinski definition) is 1. The van der Waals surface area contributed by atoms with Crippen molar-refractivity contribution in [1.82, 2.24) is 5.32 Å². The summed E-state index contributed by atoms with van der Waals surface area (Å²) in [5.74, 6) is -0.242. The van der Waals surface area contributed by atoms with Crippen LogP contribution in [0, 0.1) is 18.3 Å². The molecular formula is C16H14N2O. The van der Waals surface area contributed by atoms with E-state index in [1.807, 2.05) is 37.3 Å². The van der Waals surface area contributed by atoms with Gasteiger partial charge >= 0.3 is 0 Å². The van der Waals surface area contributed by atoms with E-state index in [9.17, 15) is 10.1 Å². The summed E-state index contributed by atoms with van der Waals surface area (Å²) in [6.45, 7) is 1.96. The highest BCUT2D eigenvalue weighted by atomic mass is 16.1. The second-order valence-electron chi connectivity index (χ2n) is 4.32. The number of carbonyl (C=O) groups excluding carboxylic acids is 1. The summed E-state index contributed by atoms with van der Waals surface area (Å²) in [6.07, 6.45) is 0. The number of nitrogens with one attached hydrogen (secondary N) is 1. The van der Waals surface area contributed by atoms with Crippen LogP contribution in [0.3, 0.4) is 0 Å². The second kappa shape index (κ2) is 5.83. The molecule has 3 nitrogen and oxygen atoms in total. The van der Waals surface area contributed by atoms with Crippen LogP contribution < -0.4 is 5.32 Å². The molecule has 0 saturated heterocycles. The Kier molecular flexibility index (Phi) is 3.94. The van der Waals surface area contributed by atoms with Crippen LogP contribution in [0.15, 0.2) is 54.6 Å². The number of amides is 1. The number of nitriles is 1. The molecule has 0 heterocycles. The molecule has 1 atom stereocenters. The van der Waals surface area contributed by atoms with Gasteiger partial charge in [-0.15, -0.1) is 0 Å². The molecule has 0 radical (unpaired) electrons. The van der Waals surface area contributed by atoms with Gasteiger partial charge in [-0.3, -0.25) is 4.79 Å². The molecule has 0 spiro atoms. The molecule has 2 rings (SSSR count). The summed E-state index contributed by atoms with van der Waals surface area (Å²) in [6, 6.07) is 17.9. The molecule has 0 aliphatic rings. The Bertz CT molecular complexity index is 614. The van der Waals surface area contributed by atoms with E-state index in [1.54, 1.807) is 24.3 Å². The van der Waals surface area contributed by atoms with Crippen LogP contribution in [0.5, 0.6) is 0 Å². The minimum Gasteiger partial charge on any atom is -0.333 e. The Hall–Kier alpha value is -2.60. The number of hydrogen-bond acceptors (Lipinski definition) is 2. The van der Waals surface area contributed by atoms with Crippen molar-refractivity contribution in [2.24, 2.45) is 0 Å². The molecule has 0 bridgehead atoms. The fourth-order valence-electron chi connectivity index (χ4n) is 1.84. The van der Waals surface area contributed by atoms with Gasteiger partial charge in [-0.1, -0.05) is 48.0 Å². The van der Waals surface area contributed by atoms with Gasteiger partial charge in [0.15, 0.2) is 0 Å². The van der Waals surface area contributed by atoms with Crippen LogP contribution in [0.4, 0.5) is 0 Å². The third-order valence-electron chi connectivity index (χ3n) is 2.82. The summed E-state index contributed by atoms with van der Waals surface area (Å²) in [5, 5.41) is 11.9. The lowest BCUT2D eigenvalue weighted by Gasteiger charge is -2.12. The van der Waals surface area contributed by atoms with E-state index in [4.69, 9.17) is 0 Å². The molecule has 0 saturated carbocycles. The smallest absolute Gasteiger partial charge is 0.252 e. The van der Waals surface area contributed by atoms with Crippen molar-refractivity contribution in [3.63, 3.8) is 0 Å². The summed E-state index contributed by atoms with van der Waals surface area (Å²) in [7, 11) is 0. The van der Waals surface area contributed by atoms with Gasteiger partial charge < -0.3 is 5.32 Å². The van der Waals surface area contributed by atoms with E-state index >= 15 is 0 Å². The summed E-state index contributed by atoms with van der Waals surface area (Å²) >= 11 is 0. The molecular weight excluding hydrogens is 236 g/mol. The summed E-state index contributed by atoms with van der Waals surface area (Å²) in [4.78, 5) is 12.0. The van der Waals surface area contributed by atoms with Gasteiger partial charge in [-0.2, -0.15) is 5.26 Å². The molecule has 0 fully saturated rings. The lowest BCUT2D eigenvalue weighted by molar-refractivity contribution is 0.0945. The molecule has 1 N–H and O–H groups in total. The second-order valence-corrected chi connectivity index (χ2v) is 4.32. The van der Waals surface area contributed by atoms with Crippen molar-refractivity contribution >= 4 is 5.91 Å². The van der Waals surface area contributed by atoms with Gasteiger partial charge in [0.25, 0.3) is 5.91 Å². The zero-order chi connectivity index (χ0) is 13.7.